The van der Waals surface area contributed by atoms with Crippen LogP contribution >= 0.6 is 0 Å². The van der Waals surface area contributed by atoms with Gasteiger partial charge in [0.2, 0.25) is 0 Å². The molecule has 0 saturated carbocycles. The molecule has 31 heavy (non-hydrogen) atoms. The van der Waals surface area contributed by atoms with E-state index in [1.807, 2.05) is 25.1 Å². The zero-order chi connectivity index (χ0) is 21.8. The molecule has 1 atom stereocenters. The van der Waals surface area contributed by atoms with Gasteiger partial charge >= 0.3 is 5.97 Å². The molecular weight excluding hydrogens is 386 g/mol. The van der Waals surface area contributed by atoms with Crippen molar-refractivity contribution in [3.63, 3.8) is 0 Å². The molecule has 0 aromatic heterocycles. The van der Waals surface area contributed by atoms with Crippen molar-refractivity contribution in [2.75, 3.05) is 6.54 Å². The van der Waals surface area contributed by atoms with Gasteiger partial charge < -0.3 is 9.84 Å². The third-order valence-corrected chi connectivity index (χ3v) is 6.19. The Morgan fingerprint density at radius 1 is 1.06 bits per heavy atom. The molecule has 1 heterocycles. The fourth-order valence-corrected chi connectivity index (χ4v) is 4.43. The van der Waals surface area contributed by atoms with Crippen LogP contribution in [0.5, 0.6) is 5.75 Å². The van der Waals surface area contributed by atoms with Crippen LogP contribution in [0.15, 0.2) is 66.7 Å². The van der Waals surface area contributed by atoms with Crippen LogP contribution in [0.2, 0.25) is 0 Å². The molecule has 3 aromatic carbocycles. The third-order valence-electron chi connectivity index (χ3n) is 6.19. The summed E-state index contributed by atoms with van der Waals surface area (Å²) in [6, 6.07) is 22.6. The Balaban J connectivity index is 1.44. The van der Waals surface area contributed by atoms with Crippen molar-refractivity contribution in [1.29, 1.82) is 0 Å². The van der Waals surface area contributed by atoms with E-state index in [1.165, 1.54) is 22.3 Å². The highest BCUT2D eigenvalue weighted by Gasteiger charge is 2.30. The third kappa shape index (κ3) is 4.80. The first-order valence-corrected chi connectivity index (χ1v) is 10.9. The molecule has 4 nitrogen and oxygen atoms in total. The van der Waals surface area contributed by atoms with E-state index in [1.54, 1.807) is 0 Å². The maximum absolute atomic E-state index is 11.4. The summed E-state index contributed by atoms with van der Waals surface area (Å²) in [5.41, 5.74) is 7.04. The summed E-state index contributed by atoms with van der Waals surface area (Å²) in [4.78, 5) is 13.5. The first-order chi connectivity index (χ1) is 15.0. The second kappa shape index (κ2) is 9.36. The molecule has 1 aliphatic heterocycles. The largest absolute Gasteiger partial charge is 0.489 e. The number of likely N-dealkylation sites (tertiary alicyclic amines) is 1. The Hall–Kier alpha value is -3.11. The molecule has 0 bridgehead atoms. The Morgan fingerprint density at radius 2 is 1.87 bits per heavy atom. The van der Waals surface area contributed by atoms with Crippen molar-refractivity contribution < 1.29 is 14.6 Å². The number of aryl methyl sites for hydroxylation is 1. The Bertz CT molecular complexity index is 1060. The molecule has 0 amide bonds. The van der Waals surface area contributed by atoms with E-state index in [4.69, 9.17) is 4.74 Å². The van der Waals surface area contributed by atoms with Gasteiger partial charge in [0.25, 0.3) is 0 Å². The number of carbonyl (C=O) groups is 1. The van der Waals surface area contributed by atoms with Crippen molar-refractivity contribution >= 4 is 5.97 Å². The zero-order valence-electron chi connectivity index (χ0n) is 18.2. The van der Waals surface area contributed by atoms with E-state index in [-0.39, 0.29) is 6.04 Å². The van der Waals surface area contributed by atoms with Gasteiger partial charge in [-0.25, -0.2) is 0 Å². The summed E-state index contributed by atoms with van der Waals surface area (Å²) in [6.45, 7) is 6.21. The van der Waals surface area contributed by atoms with Gasteiger partial charge in [0, 0.05) is 6.54 Å². The van der Waals surface area contributed by atoms with Gasteiger partial charge in [-0.1, -0.05) is 60.7 Å². The molecule has 3 aromatic rings. The molecule has 160 valence electrons. The number of carboxylic acids is 1. The molecule has 0 radical (unpaired) electrons. The molecular formula is C27H29NO3. The van der Waals surface area contributed by atoms with E-state index < -0.39 is 5.97 Å². The Labute approximate surface area is 184 Å². The van der Waals surface area contributed by atoms with Crippen LogP contribution in [0.25, 0.3) is 11.1 Å². The predicted molar refractivity (Wildman–Crippen MR) is 123 cm³/mol. The van der Waals surface area contributed by atoms with Crippen molar-refractivity contribution in [2.24, 2.45) is 0 Å². The van der Waals surface area contributed by atoms with Crippen LogP contribution in [0.4, 0.5) is 0 Å². The maximum atomic E-state index is 11.4. The first-order valence-electron chi connectivity index (χ1n) is 10.9. The van der Waals surface area contributed by atoms with Gasteiger partial charge in [-0.2, -0.15) is 0 Å². The molecule has 1 N–H and O–H groups in total. The minimum atomic E-state index is -0.720. The average Bonchev–Trinajstić information content (AvgIpc) is 3.23. The summed E-state index contributed by atoms with van der Waals surface area (Å²) in [6.07, 6.45) is 1.68. The lowest BCUT2D eigenvalue weighted by Crippen LogP contribution is -2.35. The van der Waals surface area contributed by atoms with Crippen molar-refractivity contribution in [3.8, 4) is 16.9 Å². The minimum absolute atomic E-state index is 0.365. The second-order valence-electron chi connectivity index (χ2n) is 8.31. The molecule has 1 unspecified atom stereocenters. The Kier molecular flexibility index (Phi) is 6.38. The first kappa shape index (κ1) is 21.1. The van der Waals surface area contributed by atoms with Crippen molar-refractivity contribution in [2.45, 2.75) is 45.9 Å². The minimum Gasteiger partial charge on any atom is -0.489 e. The topological polar surface area (TPSA) is 49.8 Å². The molecule has 1 saturated heterocycles. The zero-order valence-corrected chi connectivity index (χ0v) is 18.2. The summed E-state index contributed by atoms with van der Waals surface area (Å²) in [5, 5.41) is 9.39. The van der Waals surface area contributed by atoms with Crippen LogP contribution < -0.4 is 4.74 Å². The van der Waals surface area contributed by atoms with E-state index >= 15 is 0 Å². The molecule has 4 rings (SSSR count). The molecule has 1 aliphatic rings. The van der Waals surface area contributed by atoms with E-state index in [0.29, 0.717) is 13.2 Å². The molecule has 4 heteroatoms. The molecule has 1 fully saturated rings. The standard InChI is InChI=1S/C27H29NO3/c1-19-16-21(17-28-15-7-12-25(28)27(29)30)13-14-26(19)31-18-23-10-6-11-24(20(23)2)22-8-4-3-5-9-22/h3-6,8-11,13-14,16,25H,7,12,15,17-18H2,1-2H3,(H,29,30). The number of hydrogen-bond acceptors (Lipinski definition) is 3. The highest BCUT2D eigenvalue weighted by atomic mass is 16.5. The van der Waals surface area contributed by atoms with Crippen LogP contribution in [0.1, 0.15) is 35.1 Å². The number of benzene rings is 3. The molecule has 0 spiro atoms. The lowest BCUT2D eigenvalue weighted by molar-refractivity contribution is -0.142. The van der Waals surface area contributed by atoms with Gasteiger partial charge in [0.1, 0.15) is 18.4 Å². The van der Waals surface area contributed by atoms with Crippen LogP contribution in [-0.2, 0) is 17.9 Å². The van der Waals surface area contributed by atoms with Gasteiger partial charge in [-0.05, 0) is 72.7 Å². The smallest absolute Gasteiger partial charge is 0.320 e. The number of carboxylic acid groups (broad SMARTS) is 1. The quantitative estimate of drug-likeness (QED) is 0.546. The monoisotopic (exact) mass is 415 g/mol. The fourth-order valence-electron chi connectivity index (χ4n) is 4.43. The van der Waals surface area contributed by atoms with Gasteiger partial charge in [-0.15, -0.1) is 0 Å². The Morgan fingerprint density at radius 3 is 2.61 bits per heavy atom. The fraction of sp³-hybridized carbons (Fsp3) is 0.296. The number of nitrogens with zero attached hydrogens (tertiary/aromatic N) is 1. The summed E-state index contributed by atoms with van der Waals surface area (Å²) >= 11 is 0. The maximum Gasteiger partial charge on any atom is 0.320 e. The van der Waals surface area contributed by atoms with E-state index in [0.717, 1.165) is 36.3 Å². The van der Waals surface area contributed by atoms with E-state index in [9.17, 15) is 9.90 Å². The molecule has 0 aliphatic carbocycles. The van der Waals surface area contributed by atoms with Crippen molar-refractivity contribution in [3.05, 3.63) is 89.0 Å². The highest BCUT2D eigenvalue weighted by Crippen LogP contribution is 2.28. The van der Waals surface area contributed by atoms with Gasteiger partial charge in [0.15, 0.2) is 0 Å². The average molecular weight is 416 g/mol. The summed E-state index contributed by atoms with van der Waals surface area (Å²) in [5.74, 6) is 0.145. The number of ether oxygens (including phenoxy) is 1. The summed E-state index contributed by atoms with van der Waals surface area (Å²) in [7, 11) is 0. The number of rotatable bonds is 7. The number of hydrogen-bond donors (Lipinski definition) is 1. The second-order valence-corrected chi connectivity index (χ2v) is 8.31. The predicted octanol–water partition coefficient (Wildman–Crippen LogP) is 5.60. The van der Waals surface area contributed by atoms with Crippen LogP contribution in [0, 0.1) is 13.8 Å². The van der Waals surface area contributed by atoms with Gasteiger partial charge in [0.05, 0.1) is 0 Å². The highest BCUT2D eigenvalue weighted by molar-refractivity contribution is 5.73. The normalized spacial score (nSPS) is 16.4. The summed E-state index contributed by atoms with van der Waals surface area (Å²) < 4.78 is 6.17. The van der Waals surface area contributed by atoms with E-state index in [2.05, 4.69) is 60.4 Å². The number of aliphatic carboxylic acids is 1. The van der Waals surface area contributed by atoms with Crippen LogP contribution in [-0.4, -0.2) is 28.6 Å². The lowest BCUT2D eigenvalue weighted by atomic mass is 9.97. The van der Waals surface area contributed by atoms with Gasteiger partial charge in [-0.3, -0.25) is 9.69 Å². The van der Waals surface area contributed by atoms with Crippen LogP contribution in [0.3, 0.4) is 0 Å². The lowest BCUT2D eigenvalue weighted by Gasteiger charge is -2.21. The SMILES string of the molecule is Cc1cc(CN2CCCC2C(=O)O)ccc1OCc1cccc(-c2ccccc2)c1C. The van der Waals surface area contributed by atoms with Crippen molar-refractivity contribution in [1.82, 2.24) is 4.90 Å².